The summed E-state index contributed by atoms with van der Waals surface area (Å²) in [4.78, 5) is 3.93. The largest absolute Gasteiger partial charge is 0.383 e. The van der Waals surface area contributed by atoms with E-state index in [1.165, 1.54) is 16.6 Å². The van der Waals surface area contributed by atoms with Crippen LogP contribution in [0.4, 0.5) is 5.82 Å². The number of halogens is 1. The number of hydrogen-bond acceptors (Lipinski definition) is 5. The Labute approximate surface area is 121 Å². The lowest BCUT2D eigenvalue weighted by Gasteiger charge is -2.22. The Balaban J connectivity index is 2.35. The highest BCUT2D eigenvalue weighted by molar-refractivity contribution is 9.10. The molecule has 0 atom stereocenters. The van der Waals surface area contributed by atoms with Gasteiger partial charge in [0.1, 0.15) is 10.7 Å². The first-order valence-corrected chi connectivity index (χ1v) is 8.12. The van der Waals surface area contributed by atoms with Crippen molar-refractivity contribution < 1.29 is 13.2 Å². The fourth-order valence-corrected chi connectivity index (χ4v) is 4.05. The quantitative estimate of drug-likeness (QED) is 0.834. The number of ether oxygens (including phenoxy) is 1. The molecule has 1 aliphatic carbocycles. The van der Waals surface area contributed by atoms with E-state index in [4.69, 9.17) is 10.5 Å². The van der Waals surface area contributed by atoms with Gasteiger partial charge in [-0.1, -0.05) is 0 Å². The molecule has 1 saturated carbocycles. The van der Waals surface area contributed by atoms with E-state index < -0.39 is 10.0 Å². The van der Waals surface area contributed by atoms with Crippen molar-refractivity contribution in [1.82, 2.24) is 9.29 Å². The molecular weight excluding hydrogens is 334 g/mol. The van der Waals surface area contributed by atoms with Gasteiger partial charge in [0.25, 0.3) is 0 Å². The van der Waals surface area contributed by atoms with Gasteiger partial charge in [-0.3, -0.25) is 0 Å². The van der Waals surface area contributed by atoms with Gasteiger partial charge < -0.3 is 10.5 Å². The number of nitrogens with two attached hydrogens (primary N) is 1. The van der Waals surface area contributed by atoms with Gasteiger partial charge in [0.05, 0.1) is 6.61 Å². The third kappa shape index (κ3) is 3.25. The van der Waals surface area contributed by atoms with Crippen molar-refractivity contribution in [2.75, 3.05) is 26.0 Å². The molecule has 8 heteroatoms. The second-order valence-corrected chi connectivity index (χ2v) is 7.15. The van der Waals surface area contributed by atoms with Crippen LogP contribution in [0.15, 0.2) is 21.6 Å². The van der Waals surface area contributed by atoms with Gasteiger partial charge in [-0.15, -0.1) is 0 Å². The van der Waals surface area contributed by atoms with Crippen molar-refractivity contribution in [2.24, 2.45) is 0 Å². The molecule has 1 aromatic rings. The minimum Gasteiger partial charge on any atom is -0.383 e. The van der Waals surface area contributed by atoms with Crippen LogP contribution in [0.2, 0.25) is 0 Å². The molecule has 0 radical (unpaired) electrons. The summed E-state index contributed by atoms with van der Waals surface area (Å²) in [6.45, 7) is 0.687. The molecular formula is C11H16BrN3O3S. The van der Waals surface area contributed by atoms with Gasteiger partial charge in [-0.05, 0) is 34.8 Å². The van der Waals surface area contributed by atoms with Crippen LogP contribution >= 0.6 is 15.9 Å². The zero-order valence-corrected chi connectivity index (χ0v) is 12.9. The van der Waals surface area contributed by atoms with E-state index in [1.807, 2.05) is 0 Å². The highest BCUT2D eigenvalue weighted by atomic mass is 79.9. The van der Waals surface area contributed by atoms with Crippen LogP contribution in [0.1, 0.15) is 12.8 Å². The van der Waals surface area contributed by atoms with Crippen molar-refractivity contribution in [3.05, 3.63) is 16.7 Å². The molecule has 0 bridgehead atoms. The molecule has 0 aliphatic heterocycles. The lowest BCUT2D eigenvalue weighted by atomic mass is 10.5. The molecule has 1 fully saturated rings. The van der Waals surface area contributed by atoms with Crippen LogP contribution in [0.25, 0.3) is 0 Å². The number of nitrogen functional groups attached to an aromatic ring is 1. The summed E-state index contributed by atoms with van der Waals surface area (Å²) >= 11 is 3.22. The third-order valence-corrected chi connectivity index (χ3v) is 5.32. The molecule has 0 amide bonds. The average Bonchev–Trinajstić information content (AvgIpc) is 3.17. The zero-order valence-electron chi connectivity index (χ0n) is 10.5. The Hall–Kier alpha value is -0.700. The van der Waals surface area contributed by atoms with E-state index in [0.29, 0.717) is 17.6 Å². The lowest BCUT2D eigenvalue weighted by Crippen LogP contribution is -2.36. The number of methoxy groups -OCH3 is 1. The summed E-state index contributed by atoms with van der Waals surface area (Å²) in [6, 6.07) is 1.54. The molecule has 0 aromatic carbocycles. The van der Waals surface area contributed by atoms with Crippen LogP contribution in [-0.4, -0.2) is 44.0 Å². The maximum absolute atomic E-state index is 12.6. The van der Waals surface area contributed by atoms with Crippen molar-refractivity contribution in [2.45, 2.75) is 23.8 Å². The topological polar surface area (TPSA) is 85.5 Å². The molecule has 1 aliphatic rings. The minimum atomic E-state index is -3.63. The Bertz CT molecular complexity index is 560. The van der Waals surface area contributed by atoms with Crippen LogP contribution in [-0.2, 0) is 14.8 Å². The van der Waals surface area contributed by atoms with Gasteiger partial charge in [-0.2, -0.15) is 4.31 Å². The van der Waals surface area contributed by atoms with Crippen LogP contribution in [0.3, 0.4) is 0 Å². The molecule has 0 unspecified atom stereocenters. The minimum absolute atomic E-state index is 0.0197. The van der Waals surface area contributed by atoms with E-state index in [1.54, 1.807) is 7.11 Å². The second kappa shape index (κ2) is 5.74. The number of sulfonamides is 1. The molecule has 0 saturated heterocycles. The predicted molar refractivity (Wildman–Crippen MR) is 75.1 cm³/mol. The van der Waals surface area contributed by atoms with Gasteiger partial charge >= 0.3 is 0 Å². The number of hydrogen-bond donors (Lipinski definition) is 1. The van der Waals surface area contributed by atoms with Gasteiger partial charge in [0, 0.05) is 30.4 Å². The predicted octanol–water partition coefficient (Wildman–Crippen LogP) is 1.23. The molecule has 2 N–H and O–H groups in total. The molecule has 106 valence electrons. The Morgan fingerprint density at radius 2 is 2.26 bits per heavy atom. The van der Waals surface area contributed by atoms with Crippen molar-refractivity contribution >= 4 is 31.8 Å². The van der Waals surface area contributed by atoms with Gasteiger partial charge in [0.15, 0.2) is 0 Å². The van der Waals surface area contributed by atoms with E-state index in [2.05, 4.69) is 20.9 Å². The molecule has 1 heterocycles. The van der Waals surface area contributed by atoms with E-state index in [9.17, 15) is 8.42 Å². The van der Waals surface area contributed by atoms with E-state index in [-0.39, 0.29) is 16.8 Å². The molecule has 1 aromatic heterocycles. The van der Waals surface area contributed by atoms with Crippen LogP contribution in [0.5, 0.6) is 0 Å². The first-order chi connectivity index (χ1) is 8.96. The fraction of sp³-hybridized carbons (Fsp3) is 0.545. The summed E-state index contributed by atoms with van der Waals surface area (Å²) in [5.41, 5.74) is 5.69. The first kappa shape index (κ1) is 14.7. The zero-order chi connectivity index (χ0) is 14.0. The highest BCUT2D eigenvalue weighted by Gasteiger charge is 2.38. The number of nitrogens with zero attached hydrogens (tertiary/aromatic N) is 2. The average molecular weight is 350 g/mol. The van der Waals surface area contributed by atoms with E-state index in [0.717, 1.165) is 12.8 Å². The number of rotatable bonds is 6. The summed E-state index contributed by atoms with van der Waals surface area (Å²) < 4.78 is 32.3. The second-order valence-electron chi connectivity index (χ2n) is 4.38. The summed E-state index contributed by atoms with van der Waals surface area (Å²) in [5, 5.41) is 0. The van der Waals surface area contributed by atoms with Gasteiger partial charge in [0.2, 0.25) is 10.0 Å². The molecule has 0 spiro atoms. The maximum atomic E-state index is 12.6. The number of pyridine rings is 1. The molecule has 6 nitrogen and oxygen atoms in total. The monoisotopic (exact) mass is 349 g/mol. The van der Waals surface area contributed by atoms with Crippen molar-refractivity contribution in [3.63, 3.8) is 0 Å². The fourth-order valence-electron chi connectivity index (χ4n) is 1.81. The van der Waals surface area contributed by atoms with Crippen molar-refractivity contribution in [1.29, 1.82) is 0 Å². The maximum Gasteiger partial charge on any atom is 0.247 e. The smallest absolute Gasteiger partial charge is 0.247 e. The van der Waals surface area contributed by atoms with E-state index >= 15 is 0 Å². The normalized spacial score (nSPS) is 15.9. The highest BCUT2D eigenvalue weighted by Crippen LogP contribution is 2.33. The van der Waals surface area contributed by atoms with Crippen LogP contribution in [0, 0.1) is 0 Å². The summed E-state index contributed by atoms with van der Waals surface area (Å²) in [5.74, 6) is 0.0197. The van der Waals surface area contributed by atoms with Crippen LogP contribution < -0.4 is 5.73 Å². The van der Waals surface area contributed by atoms with Gasteiger partial charge in [-0.25, -0.2) is 13.4 Å². The SMILES string of the molecule is COCCN(C1CC1)S(=O)(=O)c1cc(Br)cnc1N. The number of anilines is 1. The Morgan fingerprint density at radius 3 is 2.84 bits per heavy atom. The standard InChI is InChI=1S/C11H16BrN3O3S/c1-18-5-4-15(9-2-3-9)19(16,17)10-6-8(12)7-14-11(10)13/h6-7,9H,2-5H2,1H3,(H2,13,14). The molecule has 19 heavy (non-hydrogen) atoms. The Morgan fingerprint density at radius 1 is 1.58 bits per heavy atom. The lowest BCUT2D eigenvalue weighted by molar-refractivity contribution is 0.177. The summed E-state index contributed by atoms with van der Waals surface area (Å²) in [7, 11) is -2.08. The Kier molecular flexibility index (Phi) is 4.44. The summed E-state index contributed by atoms with van der Waals surface area (Å²) in [6.07, 6.45) is 3.24. The van der Waals surface area contributed by atoms with Crippen molar-refractivity contribution in [3.8, 4) is 0 Å². The molecule has 2 rings (SSSR count). The number of aromatic nitrogens is 1. The third-order valence-electron chi connectivity index (χ3n) is 2.90. The first-order valence-electron chi connectivity index (χ1n) is 5.88.